The molecule has 0 fully saturated rings. The van der Waals surface area contributed by atoms with Gasteiger partial charge in [0.05, 0.1) is 11.0 Å². The lowest BCUT2D eigenvalue weighted by molar-refractivity contribution is 0.384. The highest BCUT2D eigenvalue weighted by Gasteiger charge is 2.13. The van der Waals surface area contributed by atoms with E-state index in [0.717, 1.165) is 5.56 Å². The molecule has 114 valence electrons. The first-order valence-corrected chi connectivity index (χ1v) is 7.34. The Bertz CT molecular complexity index is 636. The van der Waals surface area contributed by atoms with Crippen molar-refractivity contribution < 1.29 is 8.81 Å². The number of nitrogens with one attached hydrogen (secondary N) is 2. The van der Waals surface area contributed by atoms with Gasteiger partial charge in [0.15, 0.2) is 0 Å². The Morgan fingerprint density at radius 1 is 1.29 bits per heavy atom. The fourth-order valence-electron chi connectivity index (χ4n) is 1.61. The highest BCUT2D eigenvalue weighted by molar-refractivity contribution is 9.10. The Morgan fingerprint density at radius 2 is 2.00 bits per heavy atom. The first kappa shape index (κ1) is 15.9. The summed E-state index contributed by atoms with van der Waals surface area (Å²) in [6.45, 7) is 8.50. The van der Waals surface area contributed by atoms with Crippen molar-refractivity contribution >= 4 is 27.6 Å². The van der Waals surface area contributed by atoms with Gasteiger partial charge in [-0.2, -0.15) is 0 Å². The highest BCUT2D eigenvalue weighted by atomic mass is 79.9. The molecule has 7 heteroatoms. The molecular weight excluding hydrogens is 339 g/mol. The molecule has 0 radical (unpaired) electrons. The van der Waals surface area contributed by atoms with Crippen LogP contribution in [0.25, 0.3) is 0 Å². The lowest BCUT2D eigenvalue weighted by Crippen LogP contribution is -2.35. The Labute approximate surface area is 131 Å². The van der Waals surface area contributed by atoms with Crippen LogP contribution in [0.15, 0.2) is 21.0 Å². The molecule has 0 amide bonds. The van der Waals surface area contributed by atoms with Gasteiger partial charge in [-0.3, -0.25) is 0 Å². The number of halogens is 2. The summed E-state index contributed by atoms with van der Waals surface area (Å²) >= 11 is 3.15. The predicted octanol–water partition coefficient (Wildman–Crippen LogP) is 3.91. The monoisotopic (exact) mass is 356 g/mol. The summed E-state index contributed by atoms with van der Waals surface area (Å²) in [5, 5.41) is 14.0. The first-order chi connectivity index (χ1) is 9.74. The van der Waals surface area contributed by atoms with Gasteiger partial charge < -0.3 is 15.1 Å². The number of aromatic nitrogens is 2. The van der Waals surface area contributed by atoms with E-state index in [4.69, 9.17) is 4.42 Å². The van der Waals surface area contributed by atoms with Gasteiger partial charge in [-0.25, -0.2) is 4.39 Å². The fraction of sp³-hybridized carbons (Fsp3) is 0.429. The van der Waals surface area contributed by atoms with Gasteiger partial charge >= 0.3 is 6.01 Å². The second kappa shape index (κ2) is 6.11. The zero-order valence-corrected chi connectivity index (χ0v) is 14.0. The standard InChI is InChI=1S/C14H18BrFN4O/c1-8-5-9(15)10(16)6-11(8)18-13-20-19-12(21-13)7-17-14(2,3)4/h5-6,17H,7H2,1-4H3,(H,18,20). The molecule has 2 N–H and O–H groups in total. The molecule has 1 aromatic heterocycles. The molecule has 0 saturated carbocycles. The van der Waals surface area contributed by atoms with Crippen molar-refractivity contribution in [2.75, 3.05) is 5.32 Å². The molecule has 1 aromatic carbocycles. The minimum absolute atomic E-state index is 0.0342. The Morgan fingerprint density at radius 3 is 2.67 bits per heavy atom. The number of anilines is 2. The molecule has 0 saturated heterocycles. The van der Waals surface area contributed by atoms with Crippen LogP contribution < -0.4 is 10.6 Å². The van der Waals surface area contributed by atoms with Crippen molar-refractivity contribution in [1.29, 1.82) is 0 Å². The third kappa shape index (κ3) is 4.50. The smallest absolute Gasteiger partial charge is 0.320 e. The Balaban J connectivity index is 2.07. The summed E-state index contributed by atoms with van der Waals surface area (Å²) < 4.78 is 19.5. The van der Waals surface area contributed by atoms with Gasteiger partial charge in [0.1, 0.15) is 5.82 Å². The molecular formula is C14H18BrFN4O. The maximum atomic E-state index is 13.6. The average Bonchev–Trinajstić information content (AvgIpc) is 2.80. The van der Waals surface area contributed by atoms with Crippen LogP contribution in [0.3, 0.4) is 0 Å². The SMILES string of the molecule is Cc1cc(Br)c(F)cc1Nc1nnc(CNC(C)(C)C)o1. The fourth-order valence-corrected chi connectivity index (χ4v) is 2.07. The summed E-state index contributed by atoms with van der Waals surface area (Å²) in [5.74, 6) is 0.125. The van der Waals surface area contributed by atoms with Crippen LogP contribution in [-0.4, -0.2) is 15.7 Å². The van der Waals surface area contributed by atoms with Gasteiger partial charge in [-0.05, 0) is 61.3 Å². The van der Waals surface area contributed by atoms with E-state index in [1.54, 1.807) is 6.07 Å². The number of aryl methyl sites for hydroxylation is 1. The van der Waals surface area contributed by atoms with Crippen LogP contribution in [0.1, 0.15) is 32.2 Å². The molecule has 0 aliphatic rings. The molecule has 2 aromatic rings. The van der Waals surface area contributed by atoms with Crippen molar-refractivity contribution in [3.8, 4) is 0 Å². The van der Waals surface area contributed by atoms with Crippen LogP contribution in [0.5, 0.6) is 0 Å². The summed E-state index contributed by atoms with van der Waals surface area (Å²) in [6, 6.07) is 3.32. The minimum atomic E-state index is -0.350. The van der Waals surface area contributed by atoms with Crippen molar-refractivity contribution in [3.05, 3.63) is 33.9 Å². The highest BCUT2D eigenvalue weighted by Crippen LogP contribution is 2.26. The summed E-state index contributed by atoms with van der Waals surface area (Å²) in [6.07, 6.45) is 0. The van der Waals surface area contributed by atoms with Crippen LogP contribution in [0.4, 0.5) is 16.1 Å². The van der Waals surface area contributed by atoms with Crippen LogP contribution in [0.2, 0.25) is 0 Å². The number of benzene rings is 1. The Hall–Kier alpha value is -1.47. The normalized spacial score (nSPS) is 11.7. The van der Waals surface area contributed by atoms with Crippen molar-refractivity contribution in [1.82, 2.24) is 15.5 Å². The molecule has 0 bridgehead atoms. The zero-order valence-electron chi connectivity index (χ0n) is 12.4. The number of hydrogen-bond acceptors (Lipinski definition) is 5. The molecule has 1 heterocycles. The number of rotatable bonds is 4. The van der Waals surface area contributed by atoms with Gasteiger partial charge in [0.2, 0.25) is 5.89 Å². The topological polar surface area (TPSA) is 63.0 Å². The lowest BCUT2D eigenvalue weighted by atomic mass is 10.1. The largest absolute Gasteiger partial charge is 0.406 e. The minimum Gasteiger partial charge on any atom is -0.406 e. The second-order valence-corrected chi connectivity index (χ2v) is 6.67. The molecule has 0 spiro atoms. The molecule has 0 unspecified atom stereocenters. The van der Waals surface area contributed by atoms with Gasteiger partial charge in [-0.15, -0.1) is 5.10 Å². The number of nitrogens with zero attached hydrogens (tertiary/aromatic N) is 2. The summed E-state index contributed by atoms with van der Waals surface area (Å²) in [4.78, 5) is 0. The van der Waals surface area contributed by atoms with Crippen molar-refractivity contribution in [2.45, 2.75) is 39.8 Å². The second-order valence-electron chi connectivity index (χ2n) is 5.81. The van der Waals surface area contributed by atoms with Crippen LogP contribution >= 0.6 is 15.9 Å². The Kier molecular flexibility index (Phi) is 4.63. The first-order valence-electron chi connectivity index (χ1n) is 6.55. The summed E-state index contributed by atoms with van der Waals surface area (Å²) in [5.41, 5.74) is 1.43. The van der Waals surface area contributed by atoms with E-state index >= 15 is 0 Å². The summed E-state index contributed by atoms with van der Waals surface area (Å²) in [7, 11) is 0. The molecule has 0 aliphatic heterocycles. The third-order valence-corrected chi connectivity index (χ3v) is 3.35. The van der Waals surface area contributed by atoms with Crippen molar-refractivity contribution in [3.63, 3.8) is 0 Å². The average molecular weight is 357 g/mol. The van der Waals surface area contributed by atoms with E-state index in [1.807, 2.05) is 6.92 Å². The van der Waals surface area contributed by atoms with Gasteiger partial charge in [0.25, 0.3) is 0 Å². The zero-order chi connectivity index (χ0) is 15.6. The molecule has 0 aliphatic carbocycles. The van der Waals surface area contributed by atoms with Crippen molar-refractivity contribution in [2.24, 2.45) is 0 Å². The van der Waals surface area contributed by atoms with E-state index in [1.165, 1.54) is 6.07 Å². The maximum absolute atomic E-state index is 13.6. The van der Waals surface area contributed by atoms with Crippen LogP contribution in [-0.2, 0) is 6.54 Å². The maximum Gasteiger partial charge on any atom is 0.320 e. The van der Waals surface area contributed by atoms with E-state index in [-0.39, 0.29) is 17.4 Å². The van der Waals surface area contributed by atoms with Gasteiger partial charge in [-0.1, -0.05) is 5.10 Å². The molecule has 0 atom stereocenters. The van der Waals surface area contributed by atoms with E-state index in [9.17, 15) is 4.39 Å². The van der Waals surface area contributed by atoms with Crippen LogP contribution in [0, 0.1) is 12.7 Å². The third-order valence-electron chi connectivity index (χ3n) is 2.75. The van der Waals surface area contributed by atoms with Gasteiger partial charge in [0, 0.05) is 11.2 Å². The molecule has 21 heavy (non-hydrogen) atoms. The lowest BCUT2D eigenvalue weighted by Gasteiger charge is -2.18. The van der Waals surface area contributed by atoms with E-state index in [0.29, 0.717) is 22.6 Å². The van der Waals surface area contributed by atoms with E-state index < -0.39 is 0 Å². The molecule has 2 rings (SSSR count). The predicted molar refractivity (Wildman–Crippen MR) is 83.0 cm³/mol. The van der Waals surface area contributed by atoms with E-state index in [2.05, 4.69) is 57.5 Å². The molecule has 5 nitrogen and oxygen atoms in total. The number of hydrogen-bond donors (Lipinski definition) is 2. The quantitative estimate of drug-likeness (QED) is 0.869.